The summed E-state index contributed by atoms with van der Waals surface area (Å²) in [5.41, 5.74) is 2.49. The Hall–Kier alpha value is -3.45. The zero-order valence-corrected chi connectivity index (χ0v) is 15.2. The van der Waals surface area contributed by atoms with Crippen LogP contribution in [0.25, 0.3) is 22.0 Å². The average molecular weight is 377 g/mol. The maximum absolute atomic E-state index is 12.4. The van der Waals surface area contributed by atoms with Crippen molar-refractivity contribution in [3.8, 4) is 22.6 Å². The molecule has 0 saturated carbocycles. The van der Waals surface area contributed by atoms with Crippen molar-refractivity contribution in [2.75, 3.05) is 0 Å². The van der Waals surface area contributed by atoms with E-state index in [1.165, 1.54) is 4.57 Å². The largest absolute Gasteiger partial charge is 0.457 e. The summed E-state index contributed by atoms with van der Waals surface area (Å²) in [6, 6.07) is 16.6. The highest BCUT2D eigenvalue weighted by atomic mass is 32.1. The summed E-state index contributed by atoms with van der Waals surface area (Å²) < 4.78 is 22.3. The second-order valence-corrected chi connectivity index (χ2v) is 6.32. The lowest BCUT2D eigenvalue weighted by Crippen LogP contribution is -2.16. The number of para-hydroxylation sites is 1. The van der Waals surface area contributed by atoms with E-state index in [4.69, 9.17) is 4.74 Å². The van der Waals surface area contributed by atoms with Crippen molar-refractivity contribution >= 4 is 28.1 Å². The molecule has 0 fully saturated rings. The zero-order chi connectivity index (χ0) is 18.8. The smallest absolute Gasteiger partial charge is 0.274 e. The third kappa shape index (κ3) is 3.20. The van der Waals surface area contributed by atoms with E-state index >= 15 is 0 Å². The van der Waals surface area contributed by atoms with Gasteiger partial charge in [0.15, 0.2) is 0 Å². The molecule has 0 saturated heterocycles. The number of aryl methyl sites for hydroxylation is 1. The number of rotatable bonds is 4. The Labute approximate surface area is 158 Å². The van der Waals surface area contributed by atoms with Gasteiger partial charge in [-0.1, -0.05) is 18.2 Å². The maximum Gasteiger partial charge on any atom is 0.274 e. The topological polar surface area (TPSA) is 76.5 Å². The van der Waals surface area contributed by atoms with Gasteiger partial charge in [0.05, 0.1) is 5.69 Å². The maximum atomic E-state index is 12.4. The number of benzene rings is 2. The molecule has 0 unspecified atom stereocenters. The number of aromatic amines is 1. The van der Waals surface area contributed by atoms with E-state index in [-0.39, 0.29) is 17.0 Å². The van der Waals surface area contributed by atoms with E-state index in [1.807, 2.05) is 36.4 Å². The van der Waals surface area contributed by atoms with Gasteiger partial charge in [-0.15, -0.1) is 0 Å². The number of hydrogen-bond acceptors (Lipinski definition) is 4. The molecule has 0 radical (unpaired) electrons. The van der Waals surface area contributed by atoms with Gasteiger partial charge in [-0.2, -0.15) is 8.57 Å². The highest BCUT2D eigenvalue weighted by Gasteiger charge is 2.15. The first kappa shape index (κ1) is 17.0. The third-order valence-electron chi connectivity index (χ3n) is 4.26. The van der Waals surface area contributed by atoms with E-state index < -0.39 is 0 Å². The average Bonchev–Trinajstić information content (AvgIpc) is 3.17. The SMILES string of the molecule is Cn1cc(-c2cc(N=S=O)ccc2Oc2ccccc2)c2cc[nH]c2c1=O. The molecule has 0 aliphatic heterocycles. The molecule has 7 heteroatoms. The lowest BCUT2D eigenvalue weighted by molar-refractivity contribution is 0.484. The lowest BCUT2D eigenvalue weighted by atomic mass is 10.0. The molecule has 4 aromatic rings. The summed E-state index contributed by atoms with van der Waals surface area (Å²) in [5, 5.41) is 0.780. The number of nitrogens with zero attached hydrogens (tertiary/aromatic N) is 2. The fourth-order valence-electron chi connectivity index (χ4n) is 3.02. The second-order valence-electron chi connectivity index (χ2n) is 5.99. The molecular formula is C20H15N3O3S. The minimum atomic E-state index is -0.111. The van der Waals surface area contributed by atoms with Crippen molar-refractivity contribution in [1.29, 1.82) is 0 Å². The van der Waals surface area contributed by atoms with Gasteiger partial charge in [0.1, 0.15) is 17.0 Å². The molecule has 1 N–H and O–H groups in total. The van der Waals surface area contributed by atoms with Crippen LogP contribution in [0.1, 0.15) is 0 Å². The Morgan fingerprint density at radius 3 is 2.67 bits per heavy atom. The zero-order valence-electron chi connectivity index (χ0n) is 14.4. The van der Waals surface area contributed by atoms with Gasteiger partial charge in [0.25, 0.3) is 5.56 Å². The Morgan fingerprint density at radius 1 is 1.07 bits per heavy atom. The molecule has 0 spiro atoms. The number of ether oxygens (including phenoxy) is 1. The van der Waals surface area contributed by atoms with Crippen LogP contribution in [0.5, 0.6) is 11.5 Å². The number of fused-ring (bicyclic) bond motifs is 1. The van der Waals surface area contributed by atoms with Gasteiger partial charge >= 0.3 is 0 Å². The van der Waals surface area contributed by atoms with Crippen LogP contribution in [0, 0.1) is 0 Å². The molecule has 0 amide bonds. The normalized spacial score (nSPS) is 10.7. The summed E-state index contributed by atoms with van der Waals surface area (Å²) in [5.74, 6) is 1.30. The van der Waals surface area contributed by atoms with Crippen molar-refractivity contribution in [3.63, 3.8) is 0 Å². The van der Waals surface area contributed by atoms with Crippen LogP contribution in [-0.4, -0.2) is 13.8 Å². The number of nitrogens with one attached hydrogen (secondary N) is 1. The first-order valence-corrected chi connectivity index (χ1v) is 8.91. The van der Waals surface area contributed by atoms with Crippen molar-refractivity contribution < 1.29 is 8.95 Å². The van der Waals surface area contributed by atoms with Gasteiger partial charge < -0.3 is 14.3 Å². The second kappa shape index (κ2) is 7.05. The molecule has 2 aromatic carbocycles. The summed E-state index contributed by atoms with van der Waals surface area (Å²) >= 11 is 0.152. The Morgan fingerprint density at radius 2 is 1.89 bits per heavy atom. The number of hydrogen-bond donors (Lipinski definition) is 1. The minimum Gasteiger partial charge on any atom is -0.457 e. The summed E-state index contributed by atoms with van der Waals surface area (Å²) in [6.07, 6.45) is 3.49. The van der Waals surface area contributed by atoms with Gasteiger partial charge in [0.2, 0.25) is 11.5 Å². The van der Waals surface area contributed by atoms with Crippen LogP contribution in [0.15, 0.2) is 76.1 Å². The monoisotopic (exact) mass is 377 g/mol. The van der Waals surface area contributed by atoms with Gasteiger partial charge in [-0.05, 0) is 36.4 Å². The molecule has 6 nitrogen and oxygen atoms in total. The molecule has 27 heavy (non-hydrogen) atoms. The molecular weight excluding hydrogens is 362 g/mol. The van der Waals surface area contributed by atoms with Crippen molar-refractivity contribution in [1.82, 2.24) is 9.55 Å². The molecule has 134 valence electrons. The molecule has 2 aromatic heterocycles. The Bertz CT molecular complexity index is 1240. The van der Waals surface area contributed by atoms with E-state index in [1.54, 1.807) is 37.6 Å². The van der Waals surface area contributed by atoms with Gasteiger partial charge in [-0.3, -0.25) is 4.79 Å². The fraction of sp³-hybridized carbons (Fsp3) is 0.0500. The molecule has 0 aliphatic rings. The van der Waals surface area contributed by atoms with Crippen LogP contribution in [0.2, 0.25) is 0 Å². The van der Waals surface area contributed by atoms with E-state index in [9.17, 15) is 9.00 Å². The molecule has 2 heterocycles. The standard InChI is InChI=1S/C20H15N3O3S/c1-23-12-17(15-9-10-21-19(15)20(23)24)16-11-13(22-27-25)7-8-18(16)26-14-5-3-2-4-6-14/h2-12,21H,1H3. The summed E-state index contributed by atoms with van der Waals surface area (Å²) in [7, 11) is 1.70. The van der Waals surface area contributed by atoms with Crippen LogP contribution in [0.4, 0.5) is 5.69 Å². The highest BCUT2D eigenvalue weighted by Crippen LogP contribution is 2.38. The van der Waals surface area contributed by atoms with E-state index in [2.05, 4.69) is 9.35 Å². The van der Waals surface area contributed by atoms with Crippen molar-refractivity contribution in [2.24, 2.45) is 11.4 Å². The lowest BCUT2D eigenvalue weighted by Gasteiger charge is -2.14. The fourth-order valence-corrected chi connectivity index (χ4v) is 3.22. The molecule has 0 atom stereocenters. The first-order valence-electron chi connectivity index (χ1n) is 8.21. The minimum absolute atomic E-state index is 0.111. The molecule has 0 aliphatic carbocycles. The summed E-state index contributed by atoms with van der Waals surface area (Å²) in [4.78, 5) is 15.4. The van der Waals surface area contributed by atoms with Crippen molar-refractivity contribution in [3.05, 3.63) is 77.3 Å². The number of H-pyrrole nitrogens is 1. The quantitative estimate of drug-likeness (QED) is 0.574. The van der Waals surface area contributed by atoms with Crippen LogP contribution in [0.3, 0.4) is 0 Å². The Kier molecular flexibility index (Phi) is 4.43. The molecule has 0 bridgehead atoms. The van der Waals surface area contributed by atoms with E-state index in [0.717, 1.165) is 16.5 Å². The predicted molar refractivity (Wildman–Crippen MR) is 106 cm³/mol. The predicted octanol–water partition coefficient (Wildman–Crippen LogP) is 4.35. The number of pyridine rings is 1. The van der Waals surface area contributed by atoms with Crippen molar-refractivity contribution in [2.45, 2.75) is 0 Å². The molecule has 4 rings (SSSR count). The summed E-state index contributed by atoms with van der Waals surface area (Å²) in [6.45, 7) is 0. The van der Waals surface area contributed by atoms with Crippen LogP contribution >= 0.6 is 0 Å². The van der Waals surface area contributed by atoms with E-state index in [0.29, 0.717) is 22.7 Å². The van der Waals surface area contributed by atoms with Gasteiger partial charge in [-0.25, -0.2) is 0 Å². The third-order valence-corrected chi connectivity index (χ3v) is 4.55. The van der Waals surface area contributed by atoms with Crippen LogP contribution in [-0.2, 0) is 18.5 Å². The number of aromatic nitrogens is 2. The van der Waals surface area contributed by atoms with Gasteiger partial charge in [0, 0.05) is 36.0 Å². The highest BCUT2D eigenvalue weighted by molar-refractivity contribution is 7.54. The Balaban J connectivity index is 1.97. The first-order chi connectivity index (χ1) is 13.2. The van der Waals surface area contributed by atoms with Crippen LogP contribution < -0.4 is 10.3 Å².